The molecule has 0 amide bonds. The molecule has 0 saturated carbocycles. The van der Waals surface area contributed by atoms with Gasteiger partial charge in [0.1, 0.15) is 0 Å². The molecular formula is C23H21N3. The molecule has 4 rings (SSSR count). The van der Waals surface area contributed by atoms with Crippen LogP contribution in [0.5, 0.6) is 0 Å². The lowest BCUT2D eigenvalue weighted by Gasteiger charge is -2.13. The van der Waals surface area contributed by atoms with Crippen LogP contribution >= 0.6 is 0 Å². The lowest BCUT2D eigenvalue weighted by molar-refractivity contribution is 1.20. The fourth-order valence-corrected chi connectivity index (χ4v) is 3.10. The third-order valence-corrected chi connectivity index (χ3v) is 4.54. The van der Waals surface area contributed by atoms with Gasteiger partial charge in [-0.1, -0.05) is 54.6 Å². The molecule has 0 unspecified atom stereocenters. The van der Waals surface area contributed by atoms with Crippen LogP contribution in [-0.4, -0.2) is 9.97 Å². The smallest absolute Gasteiger partial charge is 0.228 e. The van der Waals surface area contributed by atoms with Crippen LogP contribution in [0.1, 0.15) is 16.7 Å². The fraction of sp³-hybridized carbons (Fsp3) is 0.130. The van der Waals surface area contributed by atoms with Gasteiger partial charge in [0, 0.05) is 16.6 Å². The minimum Gasteiger partial charge on any atom is -0.324 e. The van der Waals surface area contributed by atoms with E-state index >= 15 is 0 Å². The minimum atomic E-state index is 0.621. The van der Waals surface area contributed by atoms with Crippen LogP contribution in [0.25, 0.3) is 22.2 Å². The van der Waals surface area contributed by atoms with E-state index < -0.39 is 0 Å². The van der Waals surface area contributed by atoms with Crippen molar-refractivity contribution in [3.63, 3.8) is 0 Å². The molecule has 4 aromatic rings. The van der Waals surface area contributed by atoms with Crippen LogP contribution < -0.4 is 5.32 Å². The predicted octanol–water partition coefficient (Wildman–Crippen LogP) is 5.97. The summed E-state index contributed by atoms with van der Waals surface area (Å²) >= 11 is 0. The zero-order valence-corrected chi connectivity index (χ0v) is 15.2. The number of fused-ring (bicyclic) bond motifs is 1. The molecule has 1 heterocycles. The highest BCUT2D eigenvalue weighted by atomic mass is 15.1. The topological polar surface area (TPSA) is 37.8 Å². The maximum Gasteiger partial charge on any atom is 0.228 e. The molecule has 0 atom stereocenters. The lowest BCUT2D eigenvalue weighted by atomic mass is 10.1. The van der Waals surface area contributed by atoms with Crippen molar-refractivity contribution in [2.75, 3.05) is 5.32 Å². The number of hydrogen-bond donors (Lipinski definition) is 1. The summed E-state index contributed by atoms with van der Waals surface area (Å²) in [7, 11) is 0. The number of nitrogens with zero attached hydrogens (tertiary/aromatic N) is 2. The Kier molecular flexibility index (Phi) is 4.13. The van der Waals surface area contributed by atoms with E-state index in [4.69, 9.17) is 9.97 Å². The average Bonchev–Trinajstić information content (AvgIpc) is 2.64. The van der Waals surface area contributed by atoms with Crippen molar-refractivity contribution < 1.29 is 0 Å². The molecule has 0 saturated heterocycles. The Bertz CT molecular complexity index is 1090. The SMILES string of the molecule is Cc1ccc(C)c(Nc2nc(-c3ccccc3)c3ccc(C)cc3n2)c1. The first-order chi connectivity index (χ1) is 12.6. The summed E-state index contributed by atoms with van der Waals surface area (Å²) in [6.45, 7) is 6.26. The largest absolute Gasteiger partial charge is 0.324 e. The molecule has 0 fully saturated rings. The molecule has 3 aromatic carbocycles. The Morgan fingerprint density at radius 3 is 2.27 bits per heavy atom. The summed E-state index contributed by atoms with van der Waals surface area (Å²) in [5.41, 5.74) is 7.59. The third-order valence-electron chi connectivity index (χ3n) is 4.54. The third kappa shape index (κ3) is 3.16. The van der Waals surface area contributed by atoms with Crippen LogP contribution in [-0.2, 0) is 0 Å². The van der Waals surface area contributed by atoms with Crippen molar-refractivity contribution >= 4 is 22.5 Å². The molecule has 0 aliphatic carbocycles. The van der Waals surface area contributed by atoms with E-state index in [1.54, 1.807) is 0 Å². The van der Waals surface area contributed by atoms with Gasteiger partial charge in [0.15, 0.2) is 0 Å². The van der Waals surface area contributed by atoms with E-state index in [-0.39, 0.29) is 0 Å². The first-order valence-corrected chi connectivity index (χ1v) is 8.78. The van der Waals surface area contributed by atoms with Gasteiger partial charge in [-0.25, -0.2) is 9.97 Å². The van der Waals surface area contributed by atoms with Crippen molar-refractivity contribution in [2.45, 2.75) is 20.8 Å². The highest BCUT2D eigenvalue weighted by molar-refractivity contribution is 5.93. The van der Waals surface area contributed by atoms with Gasteiger partial charge in [-0.3, -0.25) is 0 Å². The van der Waals surface area contributed by atoms with E-state index in [1.807, 2.05) is 18.2 Å². The van der Waals surface area contributed by atoms with Gasteiger partial charge in [0.2, 0.25) is 5.95 Å². The van der Waals surface area contributed by atoms with Crippen LogP contribution in [0, 0.1) is 20.8 Å². The molecule has 3 nitrogen and oxygen atoms in total. The van der Waals surface area contributed by atoms with E-state index in [0.717, 1.165) is 27.8 Å². The quantitative estimate of drug-likeness (QED) is 0.500. The first-order valence-electron chi connectivity index (χ1n) is 8.78. The van der Waals surface area contributed by atoms with Gasteiger partial charge in [0.05, 0.1) is 11.2 Å². The summed E-state index contributed by atoms with van der Waals surface area (Å²) in [6.07, 6.45) is 0. The molecular weight excluding hydrogens is 318 g/mol. The highest BCUT2D eigenvalue weighted by Gasteiger charge is 2.11. The Hall–Kier alpha value is -3.20. The summed E-state index contributed by atoms with van der Waals surface area (Å²) in [6, 6.07) is 22.9. The Morgan fingerprint density at radius 2 is 1.46 bits per heavy atom. The fourth-order valence-electron chi connectivity index (χ4n) is 3.10. The van der Waals surface area contributed by atoms with Crippen molar-refractivity contribution in [2.24, 2.45) is 0 Å². The van der Waals surface area contributed by atoms with Gasteiger partial charge in [0.25, 0.3) is 0 Å². The Balaban J connectivity index is 1.89. The maximum atomic E-state index is 4.84. The standard InChI is InChI=1S/C23H21N3/c1-15-9-11-17(3)20(13-15)24-23-25-21-14-16(2)10-12-19(21)22(26-23)18-7-5-4-6-8-18/h4-14H,1-3H3,(H,24,25,26). The first kappa shape index (κ1) is 16.3. The molecule has 26 heavy (non-hydrogen) atoms. The molecule has 0 spiro atoms. The zero-order valence-electron chi connectivity index (χ0n) is 15.2. The number of rotatable bonds is 3. The van der Waals surface area contributed by atoms with E-state index in [0.29, 0.717) is 5.95 Å². The normalized spacial score (nSPS) is 10.9. The average molecular weight is 339 g/mol. The van der Waals surface area contributed by atoms with Crippen LogP contribution in [0.3, 0.4) is 0 Å². The van der Waals surface area contributed by atoms with Gasteiger partial charge in [-0.05, 0) is 49.6 Å². The molecule has 0 aliphatic heterocycles. The second-order valence-corrected chi connectivity index (χ2v) is 6.73. The van der Waals surface area contributed by atoms with Crippen molar-refractivity contribution in [1.82, 2.24) is 9.97 Å². The number of nitrogens with one attached hydrogen (secondary N) is 1. The maximum absolute atomic E-state index is 4.84. The highest BCUT2D eigenvalue weighted by Crippen LogP contribution is 2.29. The summed E-state index contributed by atoms with van der Waals surface area (Å²) in [5.74, 6) is 0.621. The van der Waals surface area contributed by atoms with E-state index in [2.05, 4.69) is 74.6 Å². The second kappa shape index (κ2) is 6.60. The van der Waals surface area contributed by atoms with Gasteiger partial charge < -0.3 is 5.32 Å². The Labute approximate surface area is 153 Å². The molecule has 1 N–H and O–H groups in total. The van der Waals surface area contributed by atoms with Gasteiger partial charge in [-0.2, -0.15) is 0 Å². The van der Waals surface area contributed by atoms with E-state index in [1.165, 1.54) is 16.7 Å². The van der Waals surface area contributed by atoms with Gasteiger partial charge in [-0.15, -0.1) is 0 Å². The molecule has 0 radical (unpaired) electrons. The van der Waals surface area contributed by atoms with Crippen molar-refractivity contribution in [3.8, 4) is 11.3 Å². The monoisotopic (exact) mass is 339 g/mol. The lowest BCUT2D eigenvalue weighted by Crippen LogP contribution is -2.01. The van der Waals surface area contributed by atoms with Crippen LogP contribution in [0.2, 0.25) is 0 Å². The van der Waals surface area contributed by atoms with Crippen LogP contribution in [0.15, 0.2) is 66.7 Å². The van der Waals surface area contributed by atoms with Crippen molar-refractivity contribution in [3.05, 3.63) is 83.4 Å². The zero-order chi connectivity index (χ0) is 18.1. The number of aryl methyl sites for hydroxylation is 3. The van der Waals surface area contributed by atoms with Crippen LogP contribution in [0.4, 0.5) is 11.6 Å². The molecule has 128 valence electrons. The van der Waals surface area contributed by atoms with E-state index in [9.17, 15) is 0 Å². The summed E-state index contributed by atoms with van der Waals surface area (Å²) in [5, 5.41) is 4.48. The number of anilines is 2. The molecule has 1 aromatic heterocycles. The van der Waals surface area contributed by atoms with Gasteiger partial charge >= 0.3 is 0 Å². The number of aromatic nitrogens is 2. The molecule has 3 heteroatoms. The van der Waals surface area contributed by atoms with Crippen molar-refractivity contribution in [1.29, 1.82) is 0 Å². The summed E-state index contributed by atoms with van der Waals surface area (Å²) < 4.78 is 0. The molecule has 0 aliphatic rings. The second-order valence-electron chi connectivity index (χ2n) is 6.73. The predicted molar refractivity (Wildman–Crippen MR) is 109 cm³/mol. The minimum absolute atomic E-state index is 0.621. The Morgan fingerprint density at radius 1 is 0.731 bits per heavy atom. The molecule has 0 bridgehead atoms. The summed E-state index contributed by atoms with van der Waals surface area (Å²) in [4.78, 5) is 9.61. The number of hydrogen-bond acceptors (Lipinski definition) is 3. The number of benzene rings is 3.